The number of benzene rings is 1. The molecule has 1 fully saturated rings. The van der Waals surface area contributed by atoms with Gasteiger partial charge in [0.05, 0.1) is 13.2 Å². The van der Waals surface area contributed by atoms with E-state index in [9.17, 15) is 4.79 Å². The zero-order valence-electron chi connectivity index (χ0n) is 9.52. The highest BCUT2D eigenvalue weighted by Gasteiger charge is 2.39. The fourth-order valence-corrected chi connectivity index (χ4v) is 1.57. The van der Waals surface area contributed by atoms with Gasteiger partial charge in [-0.1, -0.05) is 30.3 Å². The first kappa shape index (κ1) is 11.9. The van der Waals surface area contributed by atoms with Crippen molar-refractivity contribution >= 4 is 6.09 Å². The van der Waals surface area contributed by atoms with Crippen molar-refractivity contribution in [1.82, 2.24) is 5.32 Å². The second kappa shape index (κ2) is 5.16. The predicted octanol–water partition coefficient (Wildman–Crippen LogP) is 0.640. The normalized spacial score (nSPS) is 17.0. The van der Waals surface area contributed by atoms with Gasteiger partial charge in [-0.2, -0.15) is 0 Å². The Morgan fingerprint density at radius 3 is 2.65 bits per heavy atom. The van der Waals surface area contributed by atoms with Crippen molar-refractivity contribution in [2.24, 2.45) is 5.73 Å². The van der Waals surface area contributed by atoms with Gasteiger partial charge in [0.2, 0.25) is 0 Å². The lowest BCUT2D eigenvalue weighted by Crippen LogP contribution is -2.66. The minimum absolute atomic E-state index is 0.258. The molecule has 0 bridgehead atoms. The van der Waals surface area contributed by atoms with E-state index >= 15 is 0 Å². The molecule has 0 atom stereocenters. The van der Waals surface area contributed by atoms with E-state index in [4.69, 9.17) is 15.2 Å². The molecule has 0 aliphatic carbocycles. The van der Waals surface area contributed by atoms with Crippen LogP contribution < -0.4 is 11.1 Å². The van der Waals surface area contributed by atoms with Gasteiger partial charge in [0, 0.05) is 6.54 Å². The van der Waals surface area contributed by atoms with Crippen molar-refractivity contribution in [2.75, 3.05) is 19.8 Å². The Morgan fingerprint density at radius 1 is 1.41 bits per heavy atom. The molecule has 0 saturated carbocycles. The van der Waals surface area contributed by atoms with E-state index in [0.29, 0.717) is 19.8 Å². The molecule has 1 heterocycles. The number of carbonyl (C=O) groups excluding carboxylic acids is 1. The van der Waals surface area contributed by atoms with Crippen LogP contribution in [0.4, 0.5) is 4.79 Å². The first-order chi connectivity index (χ1) is 8.24. The summed E-state index contributed by atoms with van der Waals surface area (Å²) in [6.07, 6.45) is -0.456. The minimum Gasteiger partial charge on any atom is -0.445 e. The molecule has 5 nitrogen and oxygen atoms in total. The van der Waals surface area contributed by atoms with Gasteiger partial charge < -0.3 is 20.5 Å². The zero-order chi connectivity index (χ0) is 12.1. The summed E-state index contributed by atoms with van der Waals surface area (Å²) in [5.41, 5.74) is 6.09. The summed E-state index contributed by atoms with van der Waals surface area (Å²) in [4.78, 5) is 11.5. The van der Waals surface area contributed by atoms with Crippen LogP contribution in [0.1, 0.15) is 5.56 Å². The Bertz CT molecular complexity index is 371. The van der Waals surface area contributed by atoms with E-state index in [1.54, 1.807) is 0 Å². The van der Waals surface area contributed by atoms with E-state index in [1.165, 1.54) is 0 Å². The summed E-state index contributed by atoms with van der Waals surface area (Å²) in [7, 11) is 0. The second-order valence-corrected chi connectivity index (χ2v) is 4.16. The highest BCUT2D eigenvalue weighted by atomic mass is 16.6. The largest absolute Gasteiger partial charge is 0.445 e. The van der Waals surface area contributed by atoms with Crippen molar-refractivity contribution in [2.45, 2.75) is 12.1 Å². The van der Waals surface area contributed by atoms with Gasteiger partial charge in [0.15, 0.2) is 0 Å². The molecule has 17 heavy (non-hydrogen) atoms. The number of alkyl carbamates (subject to hydrolysis) is 1. The molecule has 0 radical (unpaired) electrons. The van der Waals surface area contributed by atoms with Crippen LogP contribution in [0.3, 0.4) is 0 Å². The van der Waals surface area contributed by atoms with Crippen LogP contribution in [0.15, 0.2) is 30.3 Å². The maximum Gasteiger partial charge on any atom is 0.408 e. The minimum atomic E-state index is -0.456. The Balaban J connectivity index is 1.78. The molecular formula is C12H16N2O3. The topological polar surface area (TPSA) is 73.6 Å². The molecule has 1 aromatic carbocycles. The number of amides is 1. The lowest BCUT2D eigenvalue weighted by molar-refractivity contribution is -0.0670. The Kier molecular flexibility index (Phi) is 3.61. The second-order valence-electron chi connectivity index (χ2n) is 4.16. The monoisotopic (exact) mass is 236 g/mol. The molecule has 1 aromatic rings. The third kappa shape index (κ3) is 2.95. The first-order valence-electron chi connectivity index (χ1n) is 5.51. The van der Waals surface area contributed by atoms with Gasteiger partial charge in [-0.3, -0.25) is 0 Å². The van der Waals surface area contributed by atoms with E-state index in [0.717, 1.165) is 5.56 Å². The number of nitrogens with two attached hydrogens (primary N) is 1. The van der Waals surface area contributed by atoms with Crippen LogP contribution in [0.2, 0.25) is 0 Å². The third-order valence-corrected chi connectivity index (χ3v) is 2.73. The number of carbonyl (C=O) groups is 1. The Labute approximate surface area is 99.9 Å². The fourth-order valence-electron chi connectivity index (χ4n) is 1.57. The fraction of sp³-hybridized carbons (Fsp3) is 0.417. The Morgan fingerprint density at radius 2 is 2.12 bits per heavy atom. The molecule has 2 rings (SSSR count). The molecule has 0 spiro atoms. The lowest BCUT2D eigenvalue weighted by Gasteiger charge is -2.40. The van der Waals surface area contributed by atoms with Crippen molar-refractivity contribution in [3.8, 4) is 0 Å². The predicted molar refractivity (Wildman–Crippen MR) is 62.4 cm³/mol. The van der Waals surface area contributed by atoms with Crippen LogP contribution in [-0.4, -0.2) is 31.4 Å². The zero-order valence-corrected chi connectivity index (χ0v) is 9.52. The molecule has 1 aliphatic heterocycles. The molecule has 5 heteroatoms. The number of rotatable bonds is 4. The summed E-state index contributed by atoms with van der Waals surface area (Å²) in [6.45, 7) is 1.51. The summed E-state index contributed by atoms with van der Waals surface area (Å²) in [6, 6.07) is 9.52. The smallest absolute Gasteiger partial charge is 0.408 e. The first-order valence-corrected chi connectivity index (χ1v) is 5.51. The average Bonchev–Trinajstić information content (AvgIpc) is 2.33. The maximum atomic E-state index is 11.5. The van der Waals surface area contributed by atoms with Crippen LogP contribution in [0, 0.1) is 0 Å². The van der Waals surface area contributed by atoms with E-state index < -0.39 is 11.6 Å². The van der Waals surface area contributed by atoms with Crippen LogP contribution in [0.25, 0.3) is 0 Å². The maximum absolute atomic E-state index is 11.5. The third-order valence-electron chi connectivity index (χ3n) is 2.73. The van der Waals surface area contributed by atoms with E-state index in [2.05, 4.69) is 5.32 Å². The van der Waals surface area contributed by atoms with Crippen molar-refractivity contribution < 1.29 is 14.3 Å². The highest BCUT2D eigenvalue weighted by Crippen LogP contribution is 2.15. The van der Waals surface area contributed by atoms with Crippen LogP contribution in [-0.2, 0) is 16.1 Å². The molecule has 3 N–H and O–H groups in total. The van der Waals surface area contributed by atoms with Crippen LogP contribution in [0.5, 0.6) is 0 Å². The standard InChI is InChI=1S/C12H16N2O3/c13-7-12(8-16-9-12)14-11(15)17-6-10-4-2-1-3-5-10/h1-5H,6-9,13H2,(H,14,15). The Hall–Kier alpha value is -1.59. The van der Waals surface area contributed by atoms with Gasteiger partial charge in [-0.25, -0.2) is 4.79 Å². The molecule has 0 unspecified atom stereocenters. The van der Waals surface area contributed by atoms with Gasteiger partial charge >= 0.3 is 6.09 Å². The molecule has 1 aliphatic rings. The van der Waals surface area contributed by atoms with Crippen LogP contribution >= 0.6 is 0 Å². The highest BCUT2D eigenvalue weighted by molar-refractivity contribution is 5.68. The summed E-state index contributed by atoms with van der Waals surface area (Å²) < 4.78 is 10.1. The SMILES string of the molecule is NCC1(NC(=O)OCc2ccccc2)COC1. The van der Waals surface area contributed by atoms with Crippen molar-refractivity contribution in [1.29, 1.82) is 0 Å². The number of hydrogen-bond acceptors (Lipinski definition) is 4. The number of nitrogens with one attached hydrogen (secondary N) is 1. The van der Waals surface area contributed by atoms with Gasteiger partial charge in [-0.15, -0.1) is 0 Å². The van der Waals surface area contributed by atoms with Crippen molar-refractivity contribution in [3.05, 3.63) is 35.9 Å². The van der Waals surface area contributed by atoms with Gasteiger partial charge in [0.25, 0.3) is 0 Å². The molecule has 1 saturated heterocycles. The summed E-state index contributed by atoms with van der Waals surface area (Å²) in [5.74, 6) is 0. The van der Waals surface area contributed by atoms with E-state index in [1.807, 2.05) is 30.3 Å². The summed E-state index contributed by atoms with van der Waals surface area (Å²) in [5, 5.41) is 2.74. The number of hydrogen-bond donors (Lipinski definition) is 2. The van der Waals surface area contributed by atoms with Gasteiger partial charge in [0.1, 0.15) is 12.1 Å². The lowest BCUT2D eigenvalue weighted by atomic mass is 9.98. The summed E-state index contributed by atoms with van der Waals surface area (Å²) >= 11 is 0. The molecule has 1 amide bonds. The average molecular weight is 236 g/mol. The number of ether oxygens (including phenoxy) is 2. The molecular weight excluding hydrogens is 220 g/mol. The van der Waals surface area contributed by atoms with E-state index in [-0.39, 0.29) is 6.61 Å². The molecule has 92 valence electrons. The quantitative estimate of drug-likeness (QED) is 0.804. The van der Waals surface area contributed by atoms with Crippen molar-refractivity contribution in [3.63, 3.8) is 0 Å². The van der Waals surface area contributed by atoms with Gasteiger partial charge in [-0.05, 0) is 5.56 Å². The molecule has 0 aromatic heterocycles.